The van der Waals surface area contributed by atoms with Crippen LogP contribution in [0.3, 0.4) is 0 Å². The lowest BCUT2D eigenvalue weighted by atomic mass is 10.2. The molecule has 0 bridgehead atoms. The van der Waals surface area contributed by atoms with Gasteiger partial charge in [-0.1, -0.05) is 42.5 Å². The van der Waals surface area contributed by atoms with Gasteiger partial charge >= 0.3 is 5.97 Å². The number of hydrogen-bond donors (Lipinski definition) is 1. The standard InChI is InChI=1S/C26H27NO6/c1-19(2)32-22-12-8-9-20(15-22)16-27(17-26(29)30)25(28)18-31-23-13-6-7-14-24(23)33-21-10-4-3-5-11-21/h3-15,19H,16-18H2,1-2H3,(H,29,30). The fourth-order valence-electron chi connectivity index (χ4n) is 3.11. The molecule has 0 saturated heterocycles. The average molecular weight is 450 g/mol. The lowest BCUT2D eigenvalue weighted by Gasteiger charge is -2.22. The van der Waals surface area contributed by atoms with Crippen molar-refractivity contribution in [2.24, 2.45) is 0 Å². The van der Waals surface area contributed by atoms with Gasteiger partial charge in [0.2, 0.25) is 0 Å². The van der Waals surface area contributed by atoms with Crippen LogP contribution in [0.1, 0.15) is 19.4 Å². The van der Waals surface area contributed by atoms with Crippen LogP contribution in [0.25, 0.3) is 0 Å². The SMILES string of the molecule is CC(C)Oc1cccc(CN(CC(=O)O)C(=O)COc2ccccc2Oc2ccccc2)c1. The van der Waals surface area contributed by atoms with E-state index >= 15 is 0 Å². The number of amides is 1. The molecular formula is C26H27NO6. The highest BCUT2D eigenvalue weighted by Crippen LogP contribution is 2.31. The largest absolute Gasteiger partial charge is 0.491 e. The zero-order chi connectivity index (χ0) is 23.6. The molecule has 0 fully saturated rings. The fourth-order valence-corrected chi connectivity index (χ4v) is 3.11. The molecule has 0 aromatic heterocycles. The van der Waals surface area contributed by atoms with Gasteiger partial charge in [0, 0.05) is 6.54 Å². The first-order valence-electron chi connectivity index (χ1n) is 10.6. The Labute approximate surface area is 193 Å². The number of carboxylic acids is 1. The second kappa shape index (κ2) is 11.6. The van der Waals surface area contributed by atoms with E-state index in [-0.39, 0.29) is 19.3 Å². The molecule has 0 saturated carbocycles. The van der Waals surface area contributed by atoms with Crippen molar-refractivity contribution >= 4 is 11.9 Å². The number of ether oxygens (including phenoxy) is 3. The molecule has 0 aliphatic heterocycles. The fraction of sp³-hybridized carbons (Fsp3) is 0.231. The smallest absolute Gasteiger partial charge is 0.323 e. The number of carbonyl (C=O) groups is 2. The molecule has 7 nitrogen and oxygen atoms in total. The minimum atomic E-state index is -1.11. The van der Waals surface area contributed by atoms with Gasteiger partial charge in [0.1, 0.15) is 18.0 Å². The van der Waals surface area contributed by atoms with Crippen molar-refractivity contribution in [1.29, 1.82) is 0 Å². The minimum Gasteiger partial charge on any atom is -0.491 e. The Balaban J connectivity index is 1.68. The lowest BCUT2D eigenvalue weighted by Crippen LogP contribution is -2.38. The van der Waals surface area contributed by atoms with Crippen molar-refractivity contribution in [2.75, 3.05) is 13.2 Å². The Morgan fingerprint density at radius 2 is 1.55 bits per heavy atom. The van der Waals surface area contributed by atoms with Gasteiger partial charge in [0.05, 0.1) is 6.10 Å². The number of carbonyl (C=O) groups excluding carboxylic acids is 1. The second-order valence-electron chi connectivity index (χ2n) is 7.61. The van der Waals surface area contributed by atoms with Crippen molar-refractivity contribution < 1.29 is 28.9 Å². The maximum absolute atomic E-state index is 12.9. The first kappa shape index (κ1) is 23.7. The maximum atomic E-state index is 12.9. The number of nitrogens with zero attached hydrogens (tertiary/aromatic N) is 1. The van der Waals surface area contributed by atoms with E-state index in [1.54, 1.807) is 30.3 Å². The summed E-state index contributed by atoms with van der Waals surface area (Å²) in [6.45, 7) is 3.18. The van der Waals surface area contributed by atoms with Crippen LogP contribution in [0.5, 0.6) is 23.0 Å². The molecule has 0 atom stereocenters. The summed E-state index contributed by atoms with van der Waals surface area (Å²) in [6.07, 6.45) is 0.00331. The summed E-state index contributed by atoms with van der Waals surface area (Å²) in [5, 5.41) is 9.30. The van der Waals surface area contributed by atoms with Crippen LogP contribution in [-0.2, 0) is 16.1 Å². The molecule has 3 rings (SSSR count). The summed E-state index contributed by atoms with van der Waals surface area (Å²) in [4.78, 5) is 25.5. The van der Waals surface area contributed by atoms with E-state index in [1.165, 1.54) is 4.90 Å². The molecule has 3 aromatic rings. The van der Waals surface area contributed by atoms with Crippen molar-refractivity contribution in [2.45, 2.75) is 26.5 Å². The summed E-state index contributed by atoms with van der Waals surface area (Å²) >= 11 is 0. The molecule has 0 aliphatic carbocycles. The molecule has 0 unspecified atom stereocenters. The number of benzene rings is 3. The van der Waals surface area contributed by atoms with Gasteiger partial charge in [-0.15, -0.1) is 0 Å². The van der Waals surface area contributed by atoms with Gasteiger partial charge in [-0.3, -0.25) is 9.59 Å². The van der Waals surface area contributed by atoms with Gasteiger partial charge in [0.15, 0.2) is 18.1 Å². The van der Waals surface area contributed by atoms with E-state index in [1.807, 2.05) is 62.4 Å². The van der Waals surface area contributed by atoms with Crippen LogP contribution < -0.4 is 14.2 Å². The molecule has 0 radical (unpaired) electrons. The predicted molar refractivity (Wildman–Crippen MR) is 124 cm³/mol. The molecule has 0 heterocycles. The monoisotopic (exact) mass is 449 g/mol. The van der Waals surface area contributed by atoms with Gasteiger partial charge in [-0.25, -0.2) is 0 Å². The quantitative estimate of drug-likeness (QED) is 0.454. The zero-order valence-electron chi connectivity index (χ0n) is 18.6. The first-order chi connectivity index (χ1) is 15.9. The van der Waals surface area contributed by atoms with Crippen LogP contribution >= 0.6 is 0 Å². The molecule has 1 amide bonds. The maximum Gasteiger partial charge on any atom is 0.323 e. The van der Waals surface area contributed by atoms with Gasteiger partial charge < -0.3 is 24.2 Å². The van der Waals surface area contributed by atoms with Crippen LogP contribution in [0.4, 0.5) is 0 Å². The van der Waals surface area contributed by atoms with Crippen LogP contribution in [0.15, 0.2) is 78.9 Å². The number of aliphatic carboxylic acids is 1. The first-order valence-corrected chi connectivity index (χ1v) is 10.6. The van der Waals surface area contributed by atoms with Crippen LogP contribution in [0, 0.1) is 0 Å². The predicted octanol–water partition coefficient (Wildman–Crippen LogP) is 4.76. The molecule has 7 heteroatoms. The topological polar surface area (TPSA) is 85.3 Å². The Morgan fingerprint density at radius 3 is 2.24 bits per heavy atom. The van der Waals surface area contributed by atoms with Crippen molar-refractivity contribution in [3.63, 3.8) is 0 Å². The van der Waals surface area contributed by atoms with Crippen LogP contribution in [-0.4, -0.2) is 41.1 Å². The highest BCUT2D eigenvalue weighted by molar-refractivity contribution is 5.82. The van der Waals surface area contributed by atoms with E-state index < -0.39 is 18.4 Å². The third-order valence-corrected chi connectivity index (χ3v) is 4.49. The average Bonchev–Trinajstić information content (AvgIpc) is 2.78. The van der Waals surface area contributed by atoms with Crippen LogP contribution in [0.2, 0.25) is 0 Å². The minimum absolute atomic E-state index is 0.00331. The van der Waals surface area contributed by atoms with E-state index in [0.29, 0.717) is 23.0 Å². The molecule has 33 heavy (non-hydrogen) atoms. The van der Waals surface area contributed by atoms with E-state index in [2.05, 4.69) is 0 Å². The molecule has 0 aliphatic rings. The Morgan fingerprint density at radius 1 is 0.879 bits per heavy atom. The lowest BCUT2D eigenvalue weighted by molar-refractivity contribution is -0.145. The summed E-state index contributed by atoms with van der Waals surface area (Å²) in [7, 11) is 0. The number of carboxylic acid groups (broad SMARTS) is 1. The van der Waals surface area contributed by atoms with E-state index in [0.717, 1.165) is 5.56 Å². The molecule has 3 aromatic carbocycles. The molecule has 0 spiro atoms. The van der Waals surface area contributed by atoms with Crippen molar-refractivity contribution in [3.05, 3.63) is 84.4 Å². The number of hydrogen-bond acceptors (Lipinski definition) is 5. The van der Waals surface area contributed by atoms with Gasteiger partial charge in [-0.2, -0.15) is 0 Å². The van der Waals surface area contributed by atoms with Crippen molar-refractivity contribution in [1.82, 2.24) is 4.90 Å². The summed E-state index contributed by atoms with van der Waals surface area (Å²) in [5.74, 6) is 0.578. The summed E-state index contributed by atoms with van der Waals surface area (Å²) < 4.78 is 17.3. The Hall–Kier alpha value is -4.00. The van der Waals surface area contributed by atoms with Gasteiger partial charge in [0.25, 0.3) is 5.91 Å². The molecule has 1 N–H and O–H groups in total. The normalized spacial score (nSPS) is 10.5. The molecule has 172 valence electrons. The molecular weight excluding hydrogens is 422 g/mol. The summed E-state index contributed by atoms with van der Waals surface area (Å²) in [5.41, 5.74) is 0.760. The van der Waals surface area contributed by atoms with Gasteiger partial charge in [-0.05, 0) is 55.8 Å². The number of rotatable bonds is 11. The second-order valence-corrected chi connectivity index (χ2v) is 7.61. The third kappa shape index (κ3) is 7.57. The Kier molecular flexibility index (Phi) is 8.30. The highest BCUT2D eigenvalue weighted by Gasteiger charge is 2.19. The van der Waals surface area contributed by atoms with Crippen molar-refractivity contribution in [3.8, 4) is 23.0 Å². The zero-order valence-corrected chi connectivity index (χ0v) is 18.6. The third-order valence-electron chi connectivity index (χ3n) is 4.49. The van der Waals surface area contributed by atoms with E-state index in [4.69, 9.17) is 14.2 Å². The van der Waals surface area contributed by atoms with E-state index in [9.17, 15) is 14.7 Å². The highest BCUT2D eigenvalue weighted by atomic mass is 16.5. The number of para-hydroxylation sites is 3. The summed E-state index contributed by atoms with van der Waals surface area (Å²) in [6, 6.07) is 23.5. The Bertz CT molecular complexity index is 1070.